The van der Waals surface area contributed by atoms with Gasteiger partial charge in [0.05, 0.1) is 24.3 Å². The average molecular weight is 275 g/mol. The summed E-state index contributed by atoms with van der Waals surface area (Å²) in [5.74, 6) is -1.49. The van der Waals surface area contributed by atoms with Crippen LogP contribution in [0.3, 0.4) is 0 Å². The highest BCUT2D eigenvalue weighted by atomic mass is 16.5. The molecule has 1 atom stereocenters. The largest absolute Gasteiger partial charge is 0.465 e. The Kier molecular flexibility index (Phi) is 4.50. The molecule has 0 radical (unpaired) electrons. The summed E-state index contributed by atoms with van der Waals surface area (Å²) >= 11 is 0. The second-order valence-electron chi connectivity index (χ2n) is 4.79. The van der Waals surface area contributed by atoms with Crippen LogP contribution in [0.5, 0.6) is 0 Å². The van der Waals surface area contributed by atoms with Crippen LogP contribution in [0.2, 0.25) is 0 Å². The maximum absolute atomic E-state index is 12.2. The van der Waals surface area contributed by atoms with Crippen molar-refractivity contribution in [1.29, 1.82) is 0 Å². The normalized spacial score (nSPS) is 18.4. The zero-order valence-electron chi connectivity index (χ0n) is 11.3. The van der Waals surface area contributed by atoms with Crippen LogP contribution in [-0.2, 0) is 14.3 Å². The number of hydrogen-bond acceptors (Lipinski definition) is 4. The molecule has 0 aromatic heterocycles. The van der Waals surface area contributed by atoms with Crippen LogP contribution >= 0.6 is 0 Å². The molecule has 1 aromatic carbocycles. The van der Waals surface area contributed by atoms with Gasteiger partial charge in [-0.05, 0) is 25.0 Å². The molecule has 1 aromatic rings. The predicted octanol–water partition coefficient (Wildman–Crippen LogP) is 2.17. The Labute approximate surface area is 117 Å². The van der Waals surface area contributed by atoms with Crippen LogP contribution in [0.1, 0.15) is 36.0 Å². The van der Waals surface area contributed by atoms with Gasteiger partial charge < -0.3 is 10.1 Å². The first-order valence-electron chi connectivity index (χ1n) is 6.64. The van der Waals surface area contributed by atoms with E-state index in [-0.39, 0.29) is 17.3 Å². The number of anilines is 1. The number of hydrogen-bond donors (Lipinski definition) is 1. The molecule has 5 heteroatoms. The predicted molar refractivity (Wildman–Crippen MR) is 73.4 cm³/mol. The second-order valence-corrected chi connectivity index (χ2v) is 4.79. The number of para-hydroxylation sites is 1. The van der Waals surface area contributed by atoms with Crippen molar-refractivity contribution < 1.29 is 19.1 Å². The fraction of sp³-hybridized carbons (Fsp3) is 0.400. The van der Waals surface area contributed by atoms with Gasteiger partial charge in [-0.15, -0.1) is 0 Å². The highest BCUT2D eigenvalue weighted by molar-refractivity contribution is 6.09. The van der Waals surface area contributed by atoms with E-state index < -0.39 is 11.9 Å². The summed E-state index contributed by atoms with van der Waals surface area (Å²) in [6, 6.07) is 6.60. The number of rotatable bonds is 3. The molecule has 106 valence electrons. The Bertz CT molecular complexity index is 538. The zero-order valence-corrected chi connectivity index (χ0v) is 11.3. The lowest BCUT2D eigenvalue weighted by Gasteiger charge is -2.20. The molecule has 0 bridgehead atoms. The molecular weight excluding hydrogens is 258 g/mol. The molecule has 1 fully saturated rings. The van der Waals surface area contributed by atoms with Crippen LogP contribution in [-0.4, -0.2) is 24.8 Å². The molecule has 1 amide bonds. The SMILES string of the molecule is COC(=O)c1ccccc1NC(=O)C1CCCCC1=O. The number of ketones is 1. The van der Waals surface area contributed by atoms with Crippen LogP contribution in [0.15, 0.2) is 24.3 Å². The van der Waals surface area contributed by atoms with Crippen molar-refractivity contribution in [2.24, 2.45) is 5.92 Å². The topological polar surface area (TPSA) is 72.5 Å². The Balaban J connectivity index is 2.15. The van der Waals surface area contributed by atoms with Crippen molar-refractivity contribution in [2.75, 3.05) is 12.4 Å². The van der Waals surface area contributed by atoms with Crippen LogP contribution < -0.4 is 5.32 Å². The van der Waals surface area contributed by atoms with Gasteiger partial charge in [0.2, 0.25) is 5.91 Å². The van der Waals surface area contributed by atoms with E-state index in [9.17, 15) is 14.4 Å². The van der Waals surface area contributed by atoms with Crippen LogP contribution in [0, 0.1) is 5.92 Å². The van der Waals surface area contributed by atoms with Gasteiger partial charge in [-0.2, -0.15) is 0 Å². The highest BCUT2D eigenvalue weighted by Gasteiger charge is 2.29. The van der Waals surface area contributed by atoms with Gasteiger partial charge in [-0.25, -0.2) is 4.79 Å². The quantitative estimate of drug-likeness (QED) is 0.678. The summed E-state index contributed by atoms with van der Waals surface area (Å²) in [6.07, 6.45) is 2.76. The van der Waals surface area contributed by atoms with Crippen molar-refractivity contribution in [2.45, 2.75) is 25.7 Å². The Hall–Kier alpha value is -2.17. The standard InChI is InChI=1S/C15H17NO4/c1-20-15(19)10-6-2-4-8-12(10)16-14(18)11-7-3-5-9-13(11)17/h2,4,6,8,11H,3,5,7,9H2,1H3,(H,16,18). The number of ether oxygens (including phenoxy) is 1. The first kappa shape index (κ1) is 14.2. The summed E-state index contributed by atoms with van der Waals surface area (Å²) in [4.78, 5) is 35.5. The van der Waals surface area contributed by atoms with E-state index in [4.69, 9.17) is 0 Å². The zero-order chi connectivity index (χ0) is 14.5. The van der Waals surface area contributed by atoms with E-state index in [1.807, 2.05) is 0 Å². The number of Topliss-reactive ketones (excluding diaryl/α,β-unsaturated/α-hetero) is 1. The first-order chi connectivity index (χ1) is 9.63. The molecule has 0 heterocycles. The van der Waals surface area contributed by atoms with Crippen molar-refractivity contribution in [1.82, 2.24) is 0 Å². The Morgan fingerprint density at radius 1 is 1.25 bits per heavy atom. The Morgan fingerprint density at radius 2 is 2.00 bits per heavy atom. The van der Waals surface area contributed by atoms with E-state index in [0.29, 0.717) is 18.5 Å². The van der Waals surface area contributed by atoms with Gasteiger partial charge in [0, 0.05) is 6.42 Å². The molecule has 1 saturated carbocycles. The average Bonchev–Trinajstić information content (AvgIpc) is 2.47. The number of carbonyl (C=O) groups is 3. The second kappa shape index (κ2) is 6.32. The Morgan fingerprint density at radius 3 is 2.70 bits per heavy atom. The third-order valence-electron chi connectivity index (χ3n) is 3.46. The molecule has 1 N–H and O–H groups in total. The number of carbonyl (C=O) groups excluding carboxylic acids is 3. The van der Waals surface area contributed by atoms with Crippen LogP contribution in [0.25, 0.3) is 0 Å². The van der Waals surface area contributed by atoms with E-state index in [1.54, 1.807) is 24.3 Å². The van der Waals surface area contributed by atoms with E-state index in [0.717, 1.165) is 12.8 Å². The molecule has 5 nitrogen and oxygen atoms in total. The molecule has 1 aliphatic carbocycles. The highest BCUT2D eigenvalue weighted by Crippen LogP contribution is 2.23. The number of benzene rings is 1. The number of esters is 1. The lowest BCUT2D eigenvalue weighted by atomic mass is 9.87. The number of amides is 1. The minimum atomic E-state index is -0.602. The van der Waals surface area contributed by atoms with Gasteiger partial charge in [-0.3, -0.25) is 9.59 Å². The molecule has 1 aliphatic rings. The van der Waals surface area contributed by atoms with Crippen molar-refractivity contribution >= 4 is 23.3 Å². The van der Waals surface area contributed by atoms with Gasteiger partial charge in [0.1, 0.15) is 5.78 Å². The first-order valence-corrected chi connectivity index (χ1v) is 6.64. The molecule has 20 heavy (non-hydrogen) atoms. The smallest absolute Gasteiger partial charge is 0.339 e. The molecule has 0 saturated heterocycles. The van der Waals surface area contributed by atoms with Crippen molar-refractivity contribution in [3.8, 4) is 0 Å². The maximum atomic E-state index is 12.2. The summed E-state index contributed by atoms with van der Waals surface area (Å²) < 4.78 is 4.67. The lowest BCUT2D eigenvalue weighted by Crippen LogP contribution is -2.32. The summed E-state index contributed by atoms with van der Waals surface area (Å²) in [6.45, 7) is 0. The minimum Gasteiger partial charge on any atom is -0.465 e. The third kappa shape index (κ3) is 3.04. The minimum absolute atomic E-state index is 0.0238. The van der Waals surface area contributed by atoms with Gasteiger partial charge in [-0.1, -0.05) is 18.6 Å². The molecule has 2 rings (SSSR count). The van der Waals surface area contributed by atoms with Gasteiger partial charge in [0.25, 0.3) is 0 Å². The van der Waals surface area contributed by atoms with E-state index in [1.165, 1.54) is 7.11 Å². The lowest BCUT2D eigenvalue weighted by molar-refractivity contribution is -0.132. The van der Waals surface area contributed by atoms with Crippen molar-refractivity contribution in [3.63, 3.8) is 0 Å². The van der Waals surface area contributed by atoms with Gasteiger partial charge in [0.15, 0.2) is 0 Å². The number of nitrogens with one attached hydrogen (secondary N) is 1. The maximum Gasteiger partial charge on any atom is 0.339 e. The molecule has 1 unspecified atom stereocenters. The molecular formula is C15H17NO4. The fourth-order valence-corrected chi connectivity index (χ4v) is 2.36. The third-order valence-corrected chi connectivity index (χ3v) is 3.46. The fourth-order valence-electron chi connectivity index (χ4n) is 2.36. The van der Waals surface area contributed by atoms with Crippen molar-refractivity contribution in [3.05, 3.63) is 29.8 Å². The van der Waals surface area contributed by atoms with Gasteiger partial charge >= 0.3 is 5.97 Å². The van der Waals surface area contributed by atoms with Crippen LogP contribution in [0.4, 0.5) is 5.69 Å². The summed E-state index contributed by atoms with van der Waals surface area (Å²) in [7, 11) is 1.28. The van der Waals surface area contributed by atoms with E-state index >= 15 is 0 Å². The monoisotopic (exact) mass is 275 g/mol. The molecule has 0 aliphatic heterocycles. The summed E-state index contributed by atoms with van der Waals surface area (Å²) in [5, 5.41) is 2.67. The van der Waals surface area contributed by atoms with E-state index in [2.05, 4.69) is 10.1 Å². The summed E-state index contributed by atoms with van der Waals surface area (Å²) in [5.41, 5.74) is 0.661. The number of methoxy groups -OCH3 is 1. The molecule has 0 spiro atoms.